The highest BCUT2D eigenvalue weighted by Gasteiger charge is 2.38. The van der Waals surface area contributed by atoms with Crippen LogP contribution in [0.4, 0.5) is 0 Å². The van der Waals surface area contributed by atoms with Crippen LogP contribution in [0.25, 0.3) is 0 Å². The standard InChI is InChI=1S/C12H15N3O3S/c1-12(2)6-18-7-15(12)10(17)8-5-13-11-14(9(8)16)3-4-19-11/h5H,3-4,6-7H2,1-2H3. The smallest absolute Gasteiger partial charge is 0.267 e. The van der Waals surface area contributed by atoms with Crippen LogP contribution in [-0.4, -0.2) is 45.0 Å². The van der Waals surface area contributed by atoms with Gasteiger partial charge in [0.05, 0.1) is 12.1 Å². The molecule has 0 aromatic carbocycles. The molecule has 7 heteroatoms. The quantitative estimate of drug-likeness (QED) is 0.704. The van der Waals surface area contributed by atoms with E-state index >= 15 is 0 Å². The van der Waals surface area contributed by atoms with Gasteiger partial charge in [-0.15, -0.1) is 0 Å². The fourth-order valence-electron chi connectivity index (χ4n) is 2.28. The molecule has 1 saturated heterocycles. The molecule has 1 fully saturated rings. The maximum Gasteiger partial charge on any atom is 0.267 e. The summed E-state index contributed by atoms with van der Waals surface area (Å²) in [4.78, 5) is 30.5. The van der Waals surface area contributed by atoms with E-state index in [4.69, 9.17) is 4.74 Å². The second kappa shape index (κ2) is 4.35. The fraction of sp³-hybridized carbons (Fsp3) is 0.583. The predicted molar refractivity (Wildman–Crippen MR) is 70.3 cm³/mol. The Labute approximate surface area is 114 Å². The second-order valence-corrected chi connectivity index (χ2v) is 6.34. The maximum atomic E-state index is 12.5. The van der Waals surface area contributed by atoms with Crippen LogP contribution in [0.1, 0.15) is 24.2 Å². The summed E-state index contributed by atoms with van der Waals surface area (Å²) in [6.07, 6.45) is 1.39. The van der Waals surface area contributed by atoms with Crippen molar-refractivity contribution < 1.29 is 9.53 Å². The zero-order chi connectivity index (χ0) is 13.6. The van der Waals surface area contributed by atoms with Gasteiger partial charge in [-0.2, -0.15) is 0 Å². The third-order valence-electron chi connectivity index (χ3n) is 3.44. The molecule has 1 amide bonds. The Morgan fingerprint density at radius 1 is 1.53 bits per heavy atom. The van der Waals surface area contributed by atoms with Gasteiger partial charge in [0, 0.05) is 18.5 Å². The van der Waals surface area contributed by atoms with Crippen molar-refractivity contribution in [2.45, 2.75) is 31.1 Å². The minimum absolute atomic E-state index is 0.129. The van der Waals surface area contributed by atoms with Crippen LogP contribution in [0.2, 0.25) is 0 Å². The fourth-order valence-corrected chi connectivity index (χ4v) is 3.20. The zero-order valence-corrected chi connectivity index (χ0v) is 11.7. The highest BCUT2D eigenvalue weighted by Crippen LogP contribution is 2.24. The first-order valence-electron chi connectivity index (χ1n) is 6.13. The van der Waals surface area contributed by atoms with E-state index in [0.29, 0.717) is 18.3 Å². The van der Waals surface area contributed by atoms with Gasteiger partial charge < -0.3 is 9.64 Å². The zero-order valence-electron chi connectivity index (χ0n) is 10.9. The number of fused-ring (bicyclic) bond motifs is 1. The molecule has 0 bridgehead atoms. The maximum absolute atomic E-state index is 12.5. The second-order valence-electron chi connectivity index (χ2n) is 5.28. The number of thioether (sulfide) groups is 1. The van der Waals surface area contributed by atoms with Crippen molar-refractivity contribution >= 4 is 17.7 Å². The lowest BCUT2D eigenvalue weighted by Gasteiger charge is -2.28. The average molecular weight is 281 g/mol. The van der Waals surface area contributed by atoms with Crippen molar-refractivity contribution in [2.24, 2.45) is 0 Å². The third-order valence-corrected chi connectivity index (χ3v) is 4.41. The first kappa shape index (κ1) is 12.7. The number of rotatable bonds is 1. The van der Waals surface area contributed by atoms with Gasteiger partial charge in [-0.3, -0.25) is 14.2 Å². The molecule has 0 spiro atoms. The van der Waals surface area contributed by atoms with E-state index in [0.717, 1.165) is 5.75 Å². The van der Waals surface area contributed by atoms with Crippen molar-refractivity contribution in [3.63, 3.8) is 0 Å². The van der Waals surface area contributed by atoms with Crippen LogP contribution in [0, 0.1) is 0 Å². The summed E-state index contributed by atoms with van der Waals surface area (Å²) in [5, 5.41) is 0.693. The molecule has 1 aromatic heterocycles. The molecule has 6 nitrogen and oxygen atoms in total. The molecule has 3 rings (SSSR count). The van der Waals surface area contributed by atoms with Crippen molar-refractivity contribution in [1.82, 2.24) is 14.5 Å². The van der Waals surface area contributed by atoms with Crippen LogP contribution in [0.15, 0.2) is 16.1 Å². The number of carbonyl (C=O) groups excluding carboxylic acids is 1. The average Bonchev–Trinajstić information content (AvgIpc) is 2.95. The van der Waals surface area contributed by atoms with Crippen LogP contribution in [-0.2, 0) is 11.3 Å². The van der Waals surface area contributed by atoms with Gasteiger partial charge in [-0.1, -0.05) is 11.8 Å². The van der Waals surface area contributed by atoms with E-state index in [-0.39, 0.29) is 29.3 Å². The summed E-state index contributed by atoms with van der Waals surface area (Å²) in [5.74, 6) is 0.533. The van der Waals surface area contributed by atoms with E-state index in [1.165, 1.54) is 18.0 Å². The molecule has 2 aliphatic rings. The lowest BCUT2D eigenvalue weighted by molar-refractivity contribution is 0.0602. The SMILES string of the molecule is CC1(C)COCN1C(=O)c1cnc2n(c1=O)CCS2. The van der Waals surface area contributed by atoms with Gasteiger partial charge in [-0.25, -0.2) is 4.98 Å². The predicted octanol–water partition coefficient (Wildman–Crippen LogP) is 0.557. The number of hydrogen-bond acceptors (Lipinski definition) is 5. The Kier molecular flexibility index (Phi) is 2.90. The summed E-state index contributed by atoms with van der Waals surface area (Å²) in [5.41, 5.74) is -0.505. The van der Waals surface area contributed by atoms with Crippen molar-refractivity contribution in [1.29, 1.82) is 0 Å². The highest BCUT2D eigenvalue weighted by atomic mass is 32.2. The highest BCUT2D eigenvalue weighted by molar-refractivity contribution is 7.99. The monoisotopic (exact) mass is 281 g/mol. The third kappa shape index (κ3) is 1.97. The van der Waals surface area contributed by atoms with E-state index in [1.807, 2.05) is 13.8 Å². The molecule has 1 aromatic rings. The minimum atomic E-state index is -0.387. The molecule has 0 aliphatic carbocycles. The molecular formula is C12H15N3O3S. The van der Waals surface area contributed by atoms with Crippen LogP contribution in [0.3, 0.4) is 0 Å². The van der Waals surface area contributed by atoms with Crippen molar-refractivity contribution in [3.05, 3.63) is 22.1 Å². The summed E-state index contributed by atoms with van der Waals surface area (Å²) < 4.78 is 6.89. The lowest BCUT2D eigenvalue weighted by atomic mass is 10.1. The minimum Gasteiger partial charge on any atom is -0.359 e. The van der Waals surface area contributed by atoms with Gasteiger partial charge in [-0.05, 0) is 13.8 Å². The molecule has 102 valence electrons. The van der Waals surface area contributed by atoms with Crippen LogP contribution in [0.5, 0.6) is 0 Å². The molecule has 0 radical (unpaired) electrons. The normalized spacial score (nSPS) is 20.6. The van der Waals surface area contributed by atoms with E-state index in [2.05, 4.69) is 4.98 Å². The summed E-state index contributed by atoms with van der Waals surface area (Å²) in [6.45, 7) is 5.17. The summed E-state index contributed by atoms with van der Waals surface area (Å²) in [6, 6.07) is 0. The van der Waals surface area contributed by atoms with Gasteiger partial charge in [0.15, 0.2) is 5.16 Å². The molecule has 0 saturated carbocycles. The Hall–Kier alpha value is -1.34. The van der Waals surface area contributed by atoms with Gasteiger partial charge in [0.2, 0.25) is 0 Å². The summed E-state index contributed by atoms with van der Waals surface area (Å²) >= 11 is 1.54. The van der Waals surface area contributed by atoms with E-state index in [9.17, 15) is 9.59 Å². The first-order chi connectivity index (χ1) is 9.00. The molecule has 3 heterocycles. The van der Waals surface area contributed by atoms with Crippen molar-refractivity contribution in [2.75, 3.05) is 19.1 Å². The van der Waals surface area contributed by atoms with Gasteiger partial charge >= 0.3 is 0 Å². The topological polar surface area (TPSA) is 64.4 Å². The lowest BCUT2D eigenvalue weighted by Crippen LogP contribution is -2.46. The van der Waals surface area contributed by atoms with Crippen LogP contribution >= 0.6 is 11.8 Å². The number of carbonyl (C=O) groups is 1. The number of aromatic nitrogens is 2. The van der Waals surface area contributed by atoms with E-state index < -0.39 is 0 Å². The Bertz CT molecular complexity index is 596. The summed E-state index contributed by atoms with van der Waals surface area (Å²) in [7, 11) is 0. The molecule has 19 heavy (non-hydrogen) atoms. The van der Waals surface area contributed by atoms with Crippen molar-refractivity contribution in [3.8, 4) is 0 Å². The van der Waals surface area contributed by atoms with Gasteiger partial charge in [0.25, 0.3) is 11.5 Å². The van der Waals surface area contributed by atoms with E-state index in [1.54, 1.807) is 9.47 Å². The molecule has 0 N–H and O–H groups in total. The largest absolute Gasteiger partial charge is 0.359 e. The Balaban J connectivity index is 1.99. The molecular weight excluding hydrogens is 266 g/mol. The van der Waals surface area contributed by atoms with Crippen LogP contribution < -0.4 is 5.56 Å². The first-order valence-corrected chi connectivity index (χ1v) is 7.11. The number of nitrogens with zero attached hydrogens (tertiary/aromatic N) is 3. The Morgan fingerprint density at radius 2 is 2.32 bits per heavy atom. The Morgan fingerprint density at radius 3 is 3.00 bits per heavy atom. The number of hydrogen-bond donors (Lipinski definition) is 0. The molecule has 0 atom stereocenters. The van der Waals surface area contributed by atoms with Gasteiger partial charge in [0.1, 0.15) is 12.3 Å². The molecule has 2 aliphatic heterocycles. The number of ether oxygens (including phenoxy) is 1. The molecule has 0 unspecified atom stereocenters. The number of amides is 1.